The highest BCUT2D eigenvalue weighted by molar-refractivity contribution is 7.18. The number of carbonyl (C=O) groups is 1. The number of aromatic nitrogens is 3. The number of nitrogens with zero attached hydrogens (tertiary/aromatic N) is 2. The monoisotopic (exact) mass is 275 g/mol. The first-order chi connectivity index (χ1) is 9.13. The predicted molar refractivity (Wildman–Crippen MR) is 72.9 cm³/mol. The van der Waals surface area contributed by atoms with Crippen molar-refractivity contribution in [1.29, 1.82) is 0 Å². The quantitative estimate of drug-likeness (QED) is 0.581. The SMILES string of the molecule is Nc1nc(Nc2ccc3nc[nH]c3c2)sc1C(=O)O. The van der Waals surface area contributed by atoms with Crippen LogP contribution in [0.3, 0.4) is 0 Å². The largest absolute Gasteiger partial charge is 0.477 e. The smallest absolute Gasteiger partial charge is 0.349 e. The Labute approximate surface area is 111 Å². The van der Waals surface area contributed by atoms with Crippen LogP contribution in [0.25, 0.3) is 11.0 Å². The first-order valence-electron chi connectivity index (χ1n) is 5.33. The van der Waals surface area contributed by atoms with Crippen LogP contribution in [0.5, 0.6) is 0 Å². The zero-order valence-corrected chi connectivity index (χ0v) is 10.4. The summed E-state index contributed by atoms with van der Waals surface area (Å²) in [5.74, 6) is -1.06. The number of imidazole rings is 1. The van der Waals surface area contributed by atoms with Crippen molar-refractivity contribution in [1.82, 2.24) is 15.0 Å². The van der Waals surface area contributed by atoms with Gasteiger partial charge in [0, 0.05) is 5.69 Å². The first kappa shape index (κ1) is 11.5. The van der Waals surface area contributed by atoms with Crippen molar-refractivity contribution in [2.45, 2.75) is 0 Å². The molecule has 2 aromatic heterocycles. The van der Waals surface area contributed by atoms with Gasteiger partial charge in [0.25, 0.3) is 0 Å². The number of aromatic amines is 1. The number of anilines is 3. The van der Waals surface area contributed by atoms with Gasteiger partial charge in [-0.25, -0.2) is 14.8 Å². The molecule has 0 saturated heterocycles. The maximum Gasteiger partial charge on any atom is 0.349 e. The van der Waals surface area contributed by atoms with Gasteiger partial charge in [0.05, 0.1) is 17.4 Å². The Balaban J connectivity index is 1.91. The van der Waals surface area contributed by atoms with Gasteiger partial charge in [0.1, 0.15) is 0 Å². The number of fused-ring (bicyclic) bond motifs is 1. The molecule has 0 saturated carbocycles. The molecule has 0 unspecified atom stereocenters. The first-order valence-corrected chi connectivity index (χ1v) is 6.15. The summed E-state index contributed by atoms with van der Waals surface area (Å²) in [4.78, 5) is 22.0. The zero-order valence-electron chi connectivity index (χ0n) is 9.54. The Kier molecular flexibility index (Phi) is 2.57. The Morgan fingerprint density at radius 1 is 1.47 bits per heavy atom. The van der Waals surface area contributed by atoms with Crippen LogP contribution in [0.2, 0.25) is 0 Å². The summed E-state index contributed by atoms with van der Waals surface area (Å²) in [6.07, 6.45) is 1.61. The molecule has 96 valence electrons. The summed E-state index contributed by atoms with van der Waals surface area (Å²) < 4.78 is 0. The molecule has 3 aromatic rings. The van der Waals surface area contributed by atoms with E-state index >= 15 is 0 Å². The number of nitrogens with two attached hydrogens (primary N) is 1. The molecule has 2 heterocycles. The van der Waals surface area contributed by atoms with Crippen LogP contribution in [-0.2, 0) is 0 Å². The summed E-state index contributed by atoms with van der Waals surface area (Å²) in [6, 6.07) is 5.55. The molecule has 5 N–H and O–H groups in total. The Morgan fingerprint density at radius 3 is 3.05 bits per heavy atom. The van der Waals surface area contributed by atoms with E-state index in [0.717, 1.165) is 28.1 Å². The summed E-state index contributed by atoms with van der Waals surface area (Å²) in [5.41, 5.74) is 8.05. The molecular weight excluding hydrogens is 266 g/mol. The highest BCUT2D eigenvalue weighted by Gasteiger charge is 2.14. The molecule has 0 radical (unpaired) electrons. The van der Waals surface area contributed by atoms with E-state index in [1.54, 1.807) is 6.33 Å². The average molecular weight is 275 g/mol. The van der Waals surface area contributed by atoms with Crippen molar-refractivity contribution in [3.8, 4) is 0 Å². The third kappa shape index (κ3) is 2.08. The van der Waals surface area contributed by atoms with E-state index in [2.05, 4.69) is 20.3 Å². The van der Waals surface area contributed by atoms with Crippen LogP contribution in [-0.4, -0.2) is 26.0 Å². The normalized spacial score (nSPS) is 10.7. The summed E-state index contributed by atoms with van der Waals surface area (Å²) in [5, 5.41) is 12.4. The van der Waals surface area contributed by atoms with Crippen molar-refractivity contribution in [2.75, 3.05) is 11.1 Å². The predicted octanol–water partition coefficient (Wildman–Crippen LogP) is 2.04. The van der Waals surface area contributed by atoms with E-state index in [1.807, 2.05) is 18.2 Å². The molecule has 0 bridgehead atoms. The molecule has 8 heteroatoms. The van der Waals surface area contributed by atoms with Crippen LogP contribution < -0.4 is 11.1 Å². The highest BCUT2D eigenvalue weighted by Crippen LogP contribution is 2.28. The second-order valence-electron chi connectivity index (χ2n) is 3.80. The number of hydrogen-bond donors (Lipinski definition) is 4. The molecule has 0 aliphatic heterocycles. The highest BCUT2D eigenvalue weighted by atomic mass is 32.1. The van der Waals surface area contributed by atoms with E-state index in [4.69, 9.17) is 10.8 Å². The molecule has 0 aliphatic carbocycles. The maximum absolute atomic E-state index is 10.9. The fourth-order valence-corrected chi connectivity index (χ4v) is 2.42. The molecule has 0 spiro atoms. The topological polar surface area (TPSA) is 117 Å². The van der Waals surface area contributed by atoms with Gasteiger partial charge in [-0.2, -0.15) is 0 Å². The molecule has 1 aromatic carbocycles. The lowest BCUT2D eigenvalue weighted by Gasteiger charge is -2.01. The van der Waals surface area contributed by atoms with Crippen LogP contribution in [0.1, 0.15) is 9.67 Å². The number of hydrogen-bond acceptors (Lipinski definition) is 6. The van der Waals surface area contributed by atoms with Crippen molar-refractivity contribution < 1.29 is 9.90 Å². The van der Waals surface area contributed by atoms with Crippen LogP contribution in [0.4, 0.5) is 16.6 Å². The minimum absolute atomic E-state index is 0.0163. The van der Waals surface area contributed by atoms with Gasteiger partial charge in [-0.05, 0) is 18.2 Å². The molecule has 0 atom stereocenters. The lowest BCUT2D eigenvalue weighted by Crippen LogP contribution is -1.97. The van der Waals surface area contributed by atoms with Crippen LogP contribution in [0.15, 0.2) is 24.5 Å². The Bertz CT molecular complexity index is 763. The van der Waals surface area contributed by atoms with Crippen molar-refractivity contribution in [3.05, 3.63) is 29.4 Å². The molecule has 7 nitrogen and oxygen atoms in total. The molecule has 0 fully saturated rings. The van der Waals surface area contributed by atoms with Crippen LogP contribution >= 0.6 is 11.3 Å². The van der Waals surface area contributed by atoms with Gasteiger partial charge < -0.3 is 21.1 Å². The van der Waals surface area contributed by atoms with E-state index in [1.165, 1.54) is 0 Å². The Morgan fingerprint density at radius 2 is 2.32 bits per heavy atom. The lowest BCUT2D eigenvalue weighted by molar-refractivity contribution is 0.0703. The number of H-pyrrole nitrogens is 1. The van der Waals surface area contributed by atoms with Gasteiger partial charge in [-0.15, -0.1) is 0 Å². The second kappa shape index (κ2) is 4.25. The maximum atomic E-state index is 10.9. The van der Waals surface area contributed by atoms with E-state index in [0.29, 0.717) is 5.13 Å². The number of rotatable bonds is 3. The van der Waals surface area contributed by atoms with E-state index in [-0.39, 0.29) is 10.7 Å². The Hall–Kier alpha value is -2.61. The molecular formula is C11H9N5O2S. The van der Waals surface area contributed by atoms with Gasteiger partial charge in [-0.1, -0.05) is 11.3 Å². The van der Waals surface area contributed by atoms with Gasteiger partial charge in [0.2, 0.25) is 0 Å². The minimum Gasteiger partial charge on any atom is -0.477 e. The number of carboxylic acid groups (broad SMARTS) is 1. The third-order valence-corrected chi connectivity index (χ3v) is 3.49. The fraction of sp³-hybridized carbons (Fsp3) is 0. The molecule has 0 aliphatic rings. The number of nitrogens with one attached hydrogen (secondary N) is 2. The van der Waals surface area contributed by atoms with E-state index in [9.17, 15) is 4.79 Å². The molecule has 3 rings (SSSR count). The van der Waals surface area contributed by atoms with Gasteiger partial charge >= 0.3 is 5.97 Å². The average Bonchev–Trinajstić information content (AvgIpc) is 2.95. The van der Waals surface area contributed by atoms with Gasteiger partial charge in [0.15, 0.2) is 15.8 Å². The van der Waals surface area contributed by atoms with Crippen LogP contribution in [0, 0.1) is 0 Å². The third-order valence-electron chi connectivity index (χ3n) is 2.52. The van der Waals surface area contributed by atoms with Gasteiger partial charge in [-0.3, -0.25) is 0 Å². The molecule has 0 amide bonds. The number of carboxylic acids is 1. The summed E-state index contributed by atoms with van der Waals surface area (Å²) in [6.45, 7) is 0. The van der Waals surface area contributed by atoms with Crippen molar-refractivity contribution >= 4 is 45.0 Å². The number of aromatic carboxylic acids is 1. The summed E-state index contributed by atoms with van der Waals surface area (Å²) >= 11 is 0.997. The number of benzene rings is 1. The summed E-state index contributed by atoms with van der Waals surface area (Å²) in [7, 11) is 0. The van der Waals surface area contributed by atoms with Crippen molar-refractivity contribution in [2.24, 2.45) is 0 Å². The fourth-order valence-electron chi connectivity index (χ4n) is 1.68. The van der Waals surface area contributed by atoms with E-state index < -0.39 is 5.97 Å². The number of nitrogen functional groups attached to an aromatic ring is 1. The lowest BCUT2D eigenvalue weighted by atomic mass is 10.3. The number of thiazole rings is 1. The second-order valence-corrected chi connectivity index (χ2v) is 4.80. The standard InChI is InChI=1S/C11H9N5O2S/c12-9-8(10(17)18)19-11(16-9)15-5-1-2-6-7(3-5)14-4-13-6/h1-4H,12H2,(H,13,14)(H,15,16)(H,17,18). The zero-order chi connectivity index (χ0) is 13.4. The minimum atomic E-state index is -1.08. The molecule has 19 heavy (non-hydrogen) atoms. The van der Waals surface area contributed by atoms with Crippen molar-refractivity contribution in [3.63, 3.8) is 0 Å².